The molecule has 0 aromatic heterocycles. The van der Waals surface area contributed by atoms with E-state index >= 15 is 0 Å². The third kappa shape index (κ3) is 24.1. The zero-order chi connectivity index (χ0) is 15.3. The van der Waals surface area contributed by atoms with Crippen molar-refractivity contribution < 1.29 is 19.4 Å². The Morgan fingerprint density at radius 1 is 0.550 bits per heavy atom. The quantitative estimate of drug-likeness (QED) is 0.163. The van der Waals surface area contributed by atoms with Gasteiger partial charge in [0.2, 0.25) is 0 Å². The van der Waals surface area contributed by atoms with Crippen molar-refractivity contribution >= 4 is 9.30 Å². The Labute approximate surface area is 145 Å². The van der Waals surface area contributed by atoms with Gasteiger partial charge in [-0.3, -0.25) is 0 Å². The van der Waals surface area contributed by atoms with Crippen molar-refractivity contribution in [1.82, 2.24) is 0 Å². The van der Waals surface area contributed by atoms with Crippen molar-refractivity contribution in [3.8, 4) is 0 Å². The second-order valence-corrected chi connectivity index (χ2v) is 5.80. The van der Waals surface area contributed by atoms with Crippen LogP contribution in [0.4, 0.5) is 0 Å². The molecule has 0 bridgehead atoms. The first-order chi connectivity index (χ1) is 9.91. The molecule has 0 saturated heterocycles. The fourth-order valence-electron chi connectivity index (χ4n) is 2.55. The summed E-state index contributed by atoms with van der Waals surface area (Å²) >= 11 is 1.47. The van der Waals surface area contributed by atoms with Gasteiger partial charge < -0.3 is 6.92 Å². The number of hydrogen-bond acceptors (Lipinski definition) is 0. The van der Waals surface area contributed by atoms with E-state index in [1.807, 2.05) is 0 Å². The summed E-state index contributed by atoms with van der Waals surface area (Å²) in [5, 5.41) is 0. The molecule has 0 spiro atoms. The van der Waals surface area contributed by atoms with Crippen molar-refractivity contribution in [2.75, 3.05) is 0 Å². The molecule has 0 radical (unpaired) electrons. The Balaban J connectivity index is 0. The van der Waals surface area contributed by atoms with Crippen molar-refractivity contribution in [3.05, 3.63) is 6.92 Å². The molecule has 20 heavy (non-hydrogen) atoms. The SMILES string of the molecule is [CH2-]CCCCCCCCCCCCCCCCC.[Cl][Ti+]. The van der Waals surface area contributed by atoms with Gasteiger partial charge in [0.05, 0.1) is 0 Å². The Morgan fingerprint density at radius 2 is 0.800 bits per heavy atom. The summed E-state index contributed by atoms with van der Waals surface area (Å²) in [5.41, 5.74) is 0. The van der Waals surface area contributed by atoms with Crippen LogP contribution >= 0.6 is 9.30 Å². The fourth-order valence-corrected chi connectivity index (χ4v) is 2.55. The van der Waals surface area contributed by atoms with Crippen LogP contribution in [-0.4, -0.2) is 0 Å². The van der Waals surface area contributed by atoms with Gasteiger partial charge in [0.1, 0.15) is 0 Å². The minimum absolute atomic E-state index is 1.12. The Hall–Kier alpha value is 1.00. The number of unbranched alkanes of at least 4 members (excludes halogenated alkanes) is 15. The molecule has 0 aliphatic carbocycles. The average Bonchev–Trinajstić information content (AvgIpc) is 2.50. The summed E-state index contributed by atoms with van der Waals surface area (Å²) < 4.78 is 0. The Morgan fingerprint density at radius 3 is 1.05 bits per heavy atom. The fraction of sp³-hybridized carbons (Fsp3) is 0.944. The molecular weight excluding hydrogens is 300 g/mol. The number of hydrogen-bond donors (Lipinski definition) is 0. The summed E-state index contributed by atoms with van der Waals surface area (Å²) in [4.78, 5) is 0. The van der Waals surface area contributed by atoms with Crippen molar-refractivity contribution in [2.45, 2.75) is 110 Å². The predicted octanol–water partition coefficient (Wildman–Crippen LogP) is 7.77. The zero-order valence-corrected chi connectivity index (χ0v) is 16.2. The summed E-state index contributed by atoms with van der Waals surface area (Å²) in [6.45, 7) is 6.18. The normalized spacial score (nSPS) is 10.1. The van der Waals surface area contributed by atoms with Crippen molar-refractivity contribution in [3.63, 3.8) is 0 Å². The molecule has 0 N–H and O–H groups in total. The Bertz CT molecular complexity index is 123. The number of halogens is 1. The summed E-state index contributed by atoms with van der Waals surface area (Å²) in [5.74, 6) is 0. The third-order valence-electron chi connectivity index (χ3n) is 3.85. The van der Waals surface area contributed by atoms with E-state index in [-0.39, 0.29) is 0 Å². The number of rotatable bonds is 15. The molecule has 0 aliphatic rings. The Kier molecular flexibility index (Phi) is 29.1. The second-order valence-electron chi connectivity index (χ2n) is 5.80. The standard InChI is InChI=1S/C18H37.ClH.Ti/c1-3-5-7-9-11-13-15-17-18-16-14-12-10-8-6-4-2;;/h1,3-18H2,2H3;1H;/q-1;;+2/p-1. The summed E-state index contributed by atoms with van der Waals surface area (Å²) in [6.07, 6.45) is 22.8. The van der Waals surface area contributed by atoms with Gasteiger partial charge in [-0.2, -0.15) is 6.42 Å². The summed E-state index contributed by atoms with van der Waals surface area (Å²) in [7, 11) is 4.64. The molecular formula is C18H37ClTi. The van der Waals surface area contributed by atoms with Crippen molar-refractivity contribution in [2.24, 2.45) is 0 Å². The predicted molar refractivity (Wildman–Crippen MR) is 90.8 cm³/mol. The van der Waals surface area contributed by atoms with E-state index in [4.69, 9.17) is 0 Å². The topological polar surface area (TPSA) is 0 Å². The van der Waals surface area contributed by atoms with Gasteiger partial charge in [0.25, 0.3) is 0 Å². The first-order valence-corrected chi connectivity index (χ1v) is 11.0. The van der Waals surface area contributed by atoms with Crippen LogP contribution in [0.3, 0.4) is 0 Å². The van der Waals surface area contributed by atoms with Crippen LogP contribution in [-0.2, 0) is 19.4 Å². The van der Waals surface area contributed by atoms with Gasteiger partial charge in [0, 0.05) is 0 Å². The molecule has 0 aromatic rings. The third-order valence-corrected chi connectivity index (χ3v) is 3.85. The average molecular weight is 337 g/mol. The van der Waals surface area contributed by atoms with Gasteiger partial charge in [-0.05, 0) is 0 Å². The van der Waals surface area contributed by atoms with E-state index in [1.54, 1.807) is 0 Å². The van der Waals surface area contributed by atoms with Crippen LogP contribution in [0, 0.1) is 6.92 Å². The molecule has 120 valence electrons. The van der Waals surface area contributed by atoms with E-state index in [9.17, 15) is 0 Å². The van der Waals surface area contributed by atoms with Gasteiger partial charge in [0.15, 0.2) is 0 Å². The van der Waals surface area contributed by atoms with E-state index in [2.05, 4.69) is 23.2 Å². The van der Waals surface area contributed by atoms with Gasteiger partial charge in [-0.1, -0.05) is 103 Å². The van der Waals surface area contributed by atoms with E-state index in [0.29, 0.717) is 0 Å². The van der Waals surface area contributed by atoms with Crippen molar-refractivity contribution in [1.29, 1.82) is 0 Å². The van der Waals surface area contributed by atoms with Crippen LogP contribution in [0.15, 0.2) is 0 Å². The van der Waals surface area contributed by atoms with Gasteiger partial charge in [-0.15, -0.1) is 0 Å². The molecule has 0 rings (SSSR count). The molecule has 0 heterocycles. The zero-order valence-electron chi connectivity index (χ0n) is 13.9. The molecule has 0 atom stereocenters. The van der Waals surface area contributed by atoms with E-state index in [0.717, 1.165) is 6.42 Å². The van der Waals surface area contributed by atoms with Crippen LogP contribution in [0.5, 0.6) is 0 Å². The second kappa shape index (κ2) is 25.0. The maximum atomic E-state index is 4.64. The van der Waals surface area contributed by atoms with Crippen LogP contribution in [0.25, 0.3) is 0 Å². The summed E-state index contributed by atoms with van der Waals surface area (Å²) in [6, 6.07) is 0. The minimum atomic E-state index is 1.12. The monoisotopic (exact) mass is 336 g/mol. The van der Waals surface area contributed by atoms with Crippen LogP contribution in [0.2, 0.25) is 0 Å². The molecule has 0 nitrogen and oxygen atoms in total. The van der Waals surface area contributed by atoms with E-state index in [1.165, 1.54) is 116 Å². The van der Waals surface area contributed by atoms with Crippen LogP contribution in [0.1, 0.15) is 110 Å². The first kappa shape index (κ1) is 23.3. The first-order valence-electron chi connectivity index (χ1n) is 8.90. The molecule has 2 heteroatoms. The molecule has 0 fully saturated rings. The van der Waals surface area contributed by atoms with Gasteiger partial charge in [-0.25, -0.2) is 0 Å². The molecule has 0 saturated carbocycles. The van der Waals surface area contributed by atoms with Crippen LogP contribution < -0.4 is 0 Å². The molecule has 0 aromatic carbocycles. The molecule has 0 aliphatic heterocycles. The maximum absolute atomic E-state index is 4.64. The molecule has 0 amide bonds. The van der Waals surface area contributed by atoms with Gasteiger partial charge >= 0.3 is 28.7 Å². The van der Waals surface area contributed by atoms with E-state index < -0.39 is 0 Å². The molecule has 0 unspecified atom stereocenters.